The van der Waals surface area contributed by atoms with Crippen molar-refractivity contribution in [3.63, 3.8) is 0 Å². The lowest BCUT2D eigenvalue weighted by Gasteiger charge is -2.48. The van der Waals surface area contributed by atoms with Crippen molar-refractivity contribution in [1.29, 1.82) is 0 Å². The first-order chi connectivity index (χ1) is 31.6. The van der Waals surface area contributed by atoms with Crippen LogP contribution in [-0.4, -0.2) is 105 Å². The number of phenolic OH excluding ortho intramolecular Hbond substituents is 2. The van der Waals surface area contributed by atoms with Crippen molar-refractivity contribution in [2.75, 3.05) is 20.3 Å². The van der Waals surface area contributed by atoms with Gasteiger partial charge in [0.05, 0.1) is 48.7 Å². The number of Topliss-reactive ketones (excluding diaryl/α,β-unsaturated/α-hetero) is 2. The molecule has 66 heavy (non-hydrogen) atoms. The molecule has 9 rings (SSSR count). The van der Waals surface area contributed by atoms with Crippen molar-refractivity contribution in [1.82, 2.24) is 5.32 Å². The molecule has 15 nitrogen and oxygen atoms in total. The van der Waals surface area contributed by atoms with Crippen LogP contribution in [0.15, 0.2) is 36.4 Å². The Morgan fingerprint density at radius 3 is 2.52 bits per heavy atom. The van der Waals surface area contributed by atoms with Gasteiger partial charge in [0, 0.05) is 54.2 Å². The van der Waals surface area contributed by atoms with Crippen molar-refractivity contribution < 1.29 is 68.5 Å². The van der Waals surface area contributed by atoms with Gasteiger partial charge in [0.25, 0.3) is 0 Å². The Morgan fingerprint density at radius 2 is 1.74 bits per heavy atom. The minimum atomic E-state index is -2.33. The third-order valence-electron chi connectivity index (χ3n) is 15.8. The molecule has 1 aliphatic heterocycles. The minimum absolute atomic E-state index is 0.0743. The lowest BCUT2D eigenvalue weighted by molar-refractivity contribution is -0.249. The molecule has 10 atom stereocenters. The Hall–Kier alpha value is -5.19. The first-order valence-electron chi connectivity index (χ1n) is 23.4. The molecule has 1 heterocycles. The molecule has 1 saturated heterocycles. The van der Waals surface area contributed by atoms with Crippen molar-refractivity contribution in [3.05, 3.63) is 80.9 Å². The van der Waals surface area contributed by atoms with Crippen LogP contribution in [0.1, 0.15) is 151 Å². The zero-order chi connectivity index (χ0) is 46.8. The third kappa shape index (κ3) is 7.79. The van der Waals surface area contributed by atoms with E-state index < -0.39 is 95.7 Å². The number of methoxy groups -OCH3 is 1. The number of benzene rings is 3. The lowest BCUT2D eigenvalue weighted by Crippen LogP contribution is -2.55. The zero-order valence-electron chi connectivity index (χ0n) is 37.6. The molecule has 0 spiro atoms. The van der Waals surface area contributed by atoms with Gasteiger partial charge in [-0.15, -0.1) is 0 Å². The summed E-state index contributed by atoms with van der Waals surface area (Å²) in [7, 11) is 1.32. The molecule has 3 fully saturated rings. The number of fused-ring (bicyclic) bond motifs is 8. The molecule has 2 saturated carbocycles. The van der Waals surface area contributed by atoms with Crippen LogP contribution >= 0.6 is 0 Å². The molecule has 0 bridgehead atoms. The Kier molecular flexibility index (Phi) is 12.4. The molecule has 6 N–H and O–H groups in total. The van der Waals surface area contributed by atoms with Crippen LogP contribution in [0.25, 0.3) is 0 Å². The molecule has 5 aliphatic carbocycles. The maximum Gasteiger partial charge on any atom is 0.220 e. The highest BCUT2D eigenvalue weighted by molar-refractivity contribution is 6.31. The maximum atomic E-state index is 14.0. The summed E-state index contributed by atoms with van der Waals surface area (Å²) < 4.78 is 23.8. The summed E-state index contributed by atoms with van der Waals surface area (Å²) in [6.45, 7) is 3.21. The largest absolute Gasteiger partial charge is 0.507 e. The van der Waals surface area contributed by atoms with Crippen LogP contribution in [0, 0.1) is 17.3 Å². The van der Waals surface area contributed by atoms with Gasteiger partial charge in [-0.05, 0) is 105 Å². The monoisotopic (exact) mass is 909 g/mol. The number of carbonyl (C=O) groups is 5. The number of amides is 1. The number of phenols is 2. The predicted molar refractivity (Wildman–Crippen MR) is 236 cm³/mol. The van der Waals surface area contributed by atoms with Gasteiger partial charge < -0.3 is 49.8 Å². The highest BCUT2D eigenvalue weighted by Crippen LogP contribution is 2.60. The van der Waals surface area contributed by atoms with E-state index >= 15 is 0 Å². The smallest absolute Gasteiger partial charge is 0.220 e. The average molecular weight is 910 g/mol. The van der Waals surface area contributed by atoms with E-state index in [0.29, 0.717) is 36.6 Å². The Bertz CT molecular complexity index is 2480. The number of ether oxygens (including phenoxy) is 4. The number of aliphatic hydroxyl groups excluding tert-OH is 2. The number of aliphatic hydroxyl groups is 3. The summed E-state index contributed by atoms with van der Waals surface area (Å²) in [5, 5.41) is 58.9. The number of carbonyl (C=O) groups excluding carboxylic acids is 5. The summed E-state index contributed by atoms with van der Waals surface area (Å²) in [5.74, 6) is -1.41. The number of aromatic hydroxyl groups is 2. The Labute approximate surface area is 382 Å². The summed E-state index contributed by atoms with van der Waals surface area (Å²) >= 11 is 0. The van der Waals surface area contributed by atoms with E-state index in [-0.39, 0.29) is 52.2 Å². The van der Waals surface area contributed by atoms with Gasteiger partial charge in [0.2, 0.25) is 11.7 Å². The second-order valence-electron chi connectivity index (χ2n) is 19.5. The molecule has 0 radical (unpaired) electrons. The Morgan fingerprint density at radius 1 is 0.955 bits per heavy atom. The van der Waals surface area contributed by atoms with Crippen molar-refractivity contribution in [2.45, 2.75) is 139 Å². The number of nitrogens with one attached hydrogen (secondary N) is 1. The molecule has 0 unspecified atom stereocenters. The summed E-state index contributed by atoms with van der Waals surface area (Å²) in [5.41, 5.74) is -1.30. The fourth-order valence-corrected chi connectivity index (χ4v) is 12.3. The van der Waals surface area contributed by atoms with Crippen molar-refractivity contribution in [2.24, 2.45) is 17.3 Å². The van der Waals surface area contributed by atoms with E-state index in [4.69, 9.17) is 18.9 Å². The van der Waals surface area contributed by atoms with E-state index in [0.717, 1.165) is 57.1 Å². The van der Waals surface area contributed by atoms with Crippen LogP contribution in [0.4, 0.5) is 0 Å². The van der Waals surface area contributed by atoms with Crippen LogP contribution in [0.3, 0.4) is 0 Å². The van der Waals surface area contributed by atoms with Gasteiger partial charge in [-0.2, -0.15) is 0 Å². The highest BCUT2D eigenvalue weighted by atomic mass is 16.7. The molecule has 3 aromatic rings. The van der Waals surface area contributed by atoms with Crippen molar-refractivity contribution >= 4 is 29.0 Å². The van der Waals surface area contributed by atoms with Gasteiger partial charge in [0.15, 0.2) is 17.9 Å². The molecule has 3 aromatic carbocycles. The fraction of sp³-hybridized carbons (Fsp3) is 0.549. The van der Waals surface area contributed by atoms with E-state index in [1.807, 2.05) is 0 Å². The molecule has 1 amide bonds. The molecule has 15 heteroatoms. The Balaban J connectivity index is 0.818. The van der Waals surface area contributed by atoms with Crippen LogP contribution in [-0.2, 0) is 36.7 Å². The second kappa shape index (κ2) is 17.8. The van der Waals surface area contributed by atoms with E-state index in [9.17, 15) is 49.5 Å². The van der Waals surface area contributed by atoms with Gasteiger partial charge in [-0.25, -0.2) is 0 Å². The fourth-order valence-electron chi connectivity index (χ4n) is 12.3. The van der Waals surface area contributed by atoms with Gasteiger partial charge >= 0.3 is 0 Å². The third-order valence-corrected chi connectivity index (χ3v) is 15.8. The molecular weight excluding hydrogens is 851 g/mol. The molecule has 0 aromatic heterocycles. The summed E-state index contributed by atoms with van der Waals surface area (Å²) in [6.07, 6.45) is 2.19. The van der Waals surface area contributed by atoms with E-state index in [2.05, 4.69) is 30.4 Å². The number of unbranched alkanes of at least 4 members (excludes halogenated alkanes) is 2. The minimum Gasteiger partial charge on any atom is -0.507 e. The number of aryl methyl sites for hydroxylation is 1. The van der Waals surface area contributed by atoms with Crippen LogP contribution in [0.5, 0.6) is 23.0 Å². The summed E-state index contributed by atoms with van der Waals surface area (Å²) in [4.78, 5) is 66.8. The normalized spacial score (nSPS) is 30.8. The first-order valence-corrected chi connectivity index (χ1v) is 23.4. The molecule has 6 aliphatic rings. The topological polar surface area (TPSA) is 235 Å². The SMILES string of the molecule is COc1cccc2c1C(=O)c1c(O)c3c(c(O)c1C2=O)C[C@@](O)(C(=O)CO)C[C@@H]3O[C@H]1C[C@H](NC(=O)CCCCCOc2ccc3c(c2)CC[C@@H]2[C@@H]3CC[C@]3(C)C(=O)CC[C@@H]23)[C@H](O)[C@H](C)O1. The average Bonchev–Trinajstić information content (AvgIpc) is 3.61. The number of hydrogen-bond acceptors (Lipinski definition) is 14. The van der Waals surface area contributed by atoms with E-state index in [1.54, 1.807) is 6.92 Å². The zero-order valence-corrected chi connectivity index (χ0v) is 37.6. The number of ketones is 4. The maximum absolute atomic E-state index is 14.0. The van der Waals surface area contributed by atoms with Gasteiger partial charge in [-0.3, -0.25) is 24.0 Å². The van der Waals surface area contributed by atoms with Crippen LogP contribution in [0.2, 0.25) is 0 Å². The summed E-state index contributed by atoms with van der Waals surface area (Å²) in [6, 6.07) is 9.97. The molecule has 352 valence electrons. The second-order valence-corrected chi connectivity index (χ2v) is 19.5. The van der Waals surface area contributed by atoms with Crippen LogP contribution < -0.4 is 14.8 Å². The molecular formula is C51H59NO14. The predicted octanol–water partition coefficient (Wildman–Crippen LogP) is 5.22. The van der Waals surface area contributed by atoms with Gasteiger partial charge in [-0.1, -0.05) is 25.1 Å². The number of hydrogen-bond donors (Lipinski definition) is 6. The van der Waals surface area contributed by atoms with E-state index in [1.165, 1.54) is 36.4 Å². The van der Waals surface area contributed by atoms with Gasteiger partial charge in [0.1, 0.15) is 47.1 Å². The highest BCUT2D eigenvalue weighted by Gasteiger charge is 2.55. The number of rotatable bonds is 13. The van der Waals surface area contributed by atoms with Crippen molar-refractivity contribution in [3.8, 4) is 23.0 Å². The quantitative estimate of drug-likeness (QED) is 0.0746. The first kappa shape index (κ1) is 45.9. The lowest BCUT2D eigenvalue weighted by atomic mass is 9.55. The standard InChI is InChI=1S/C51H59NO14/c1-25-45(57)34(52-39(56)10-5-4-6-19-64-27-12-14-28-26(20-27)11-13-30-29(28)17-18-50(2)33(30)15-16-37(50)54)21-40(65-25)66-36-23-51(62,38(55)24-53)22-32-42(36)49(61)44-43(47(32)59)46(58)31-8-7-9-35(63-3)41(31)48(44)60/h7-9,12,14,20,25,29-30,33-34,36,40,45,53,57,59,61-62H,4-6,10-11,13,15-19,21-24H2,1-3H3,(H,52,56)/t25-,29+,30+,33-,34-,36-,40-,45+,50-,51-/m0/s1.